The number of carboxylic acid groups (broad SMARTS) is 1. The fraction of sp³-hybridized carbons (Fsp3) is 0.231. The summed E-state index contributed by atoms with van der Waals surface area (Å²) in [6, 6.07) is 7.13. The Bertz CT molecular complexity index is 462. The minimum absolute atomic E-state index is 0.142. The first kappa shape index (κ1) is 13.9. The Morgan fingerprint density at radius 2 is 1.94 bits per heavy atom. The van der Waals surface area contributed by atoms with E-state index in [1.165, 1.54) is 6.92 Å². The molecule has 0 aliphatic rings. The topological polar surface area (TPSA) is 75.6 Å². The van der Waals surface area contributed by atoms with Gasteiger partial charge in [0.1, 0.15) is 0 Å². The van der Waals surface area contributed by atoms with Gasteiger partial charge in [0.2, 0.25) is 0 Å². The molecule has 0 saturated heterocycles. The molecule has 1 aromatic rings. The van der Waals surface area contributed by atoms with Crippen molar-refractivity contribution in [3.63, 3.8) is 0 Å². The van der Waals surface area contributed by atoms with Crippen LogP contribution in [0.1, 0.15) is 12.5 Å². The number of carbonyl (C=O) groups excluding carboxylic acids is 1. The van der Waals surface area contributed by atoms with Crippen LogP contribution in [0, 0.1) is 0 Å². The van der Waals surface area contributed by atoms with Crippen molar-refractivity contribution in [2.45, 2.75) is 13.5 Å². The molecule has 1 aromatic carbocycles. The highest BCUT2D eigenvalue weighted by molar-refractivity contribution is 6.06. The van der Waals surface area contributed by atoms with E-state index in [0.717, 1.165) is 11.6 Å². The Balaban J connectivity index is 2.67. The molecule has 1 amide bonds. The van der Waals surface area contributed by atoms with Crippen LogP contribution in [0.5, 0.6) is 0 Å². The van der Waals surface area contributed by atoms with Crippen LogP contribution in [0.2, 0.25) is 0 Å². The van der Waals surface area contributed by atoms with E-state index < -0.39 is 11.9 Å². The van der Waals surface area contributed by atoms with Crippen LogP contribution in [0.3, 0.4) is 0 Å². The lowest BCUT2D eigenvalue weighted by atomic mass is 10.2. The third-order valence-corrected chi connectivity index (χ3v) is 2.22. The standard InChI is InChI=1S/C13H15NO4/c1-9(7-12(15)16)13(17)14-11-5-3-10(4-6-11)8-18-2/h3-7H,8H2,1-2H3,(H,14,17)(H,15,16)/b9-7+. The minimum Gasteiger partial charge on any atom is -0.478 e. The number of rotatable bonds is 5. The van der Waals surface area contributed by atoms with Gasteiger partial charge in [-0.1, -0.05) is 12.1 Å². The maximum Gasteiger partial charge on any atom is 0.328 e. The summed E-state index contributed by atoms with van der Waals surface area (Å²) in [6.45, 7) is 1.95. The molecule has 0 heterocycles. The number of hydrogen-bond donors (Lipinski definition) is 2. The van der Waals surface area contributed by atoms with Gasteiger partial charge in [0.25, 0.3) is 5.91 Å². The SMILES string of the molecule is COCc1ccc(NC(=O)/C(C)=C/C(=O)O)cc1. The summed E-state index contributed by atoms with van der Waals surface area (Å²) in [5, 5.41) is 11.1. The summed E-state index contributed by atoms with van der Waals surface area (Å²) >= 11 is 0. The lowest BCUT2D eigenvalue weighted by molar-refractivity contribution is -0.131. The minimum atomic E-state index is -1.14. The average Bonchev–Trinajstić information content (AvgIpc) is 2.31. The summed E-state index contributed by atoms with van der Waals surface area (Å²) < 4.78 is 4.97. The fourth-order valence-electron chi connectivity index (χ4n) is 1.33. The van der Waals surface area contributed by atoms with Gasteiger partial charge in [-0.15, -0.1) is 0 Å². The molecule has 2 N–H and O–H groups in total. The average molecular weight is 249 g/mol. The summed E-state index contributed by atoms with van der Waals surface area (Å²) in [5.41, 5.74) is 1.75. The molecule has 0 saturated carbocycles. The molecule has 96 valence electrons. The number of carbonyl (C=O) groups is 2. The summed E-state index contributed by atoms with van der Waals surface area (Å²) in [6.07, 6.45) is 0.870. The van der Waals surface area contributed by atoms with Crippen LogP contribution in [-0.4, -0.2) is 24.1 Å². The van der Waals surface area contributed by atoms with Gasteiger partial charge in [-0.25, -0.2) is 4.79 Å². The summed E-state index contributed by atoms with van der Waals surface area (Å²) in [5.74, 6) is -1.57. The smallest absolute Gasteiger partial charge is 0.328 e. The van der Waals surface area contributed by atoms with Crippen molar-refractivity contribution in [1.29, 1.82) is 0 Å². The van der Waals surface area contributed by atoms with E-state index in [0.29, 0.717) is 12.3 Å². The molecule has 18 heavy (non-hydrogen) atoms. The third kappa shape index (κ3) is 4.39. The number of amides is 1. The van der Waals surface area contributed by atoms with Crippen LogP contribution in [0.4, 0.5) is 5.69 Å². The number of methoxy groups -OCH3 is 1. The number of nitrogens with one attached hydrogen (secondary N) is 1. The number of ether oxygens (including phenoxy) is 1. The Labute approximate surface area is 105 Å². The van der Waals surface area contributed by atoms with Gasteiger partial charge in [-0.2, -0.15) is 0 Å². The van der Waals surface area contributed by atoms with Crippen molar-refractivity contribution < 1.29 is 19.4 Å². The second kappa shape index (κ2) is 6.56. The Kier molecular flexibility index (Phi) is 5.07. The molecule has 0 atom stereocenters. The van der Waals surface area contributed by atoms with Crippen molar-refractivity contribution in [3.05, 3.63) is 41.5 Å². The molecular weight excluding hydrogens is 234 g/mol. The monoisotopic (exact) mass is 249 g/mol. The normalized spacial score (nSPS) is 11.1. The molecule has 0 radical (unpaired) electrons. The third-order valence-electron chi connectivity index (χ3n) is 2.22. The molecule has 0 bridgehead atoms. The molecular formula is C13H15NO4. The van der Waals surface area contributed by atoms with Crippen molar-refractivity contribution in [2.24, 2.45) is 0 Å². The molecule has 5 heteroatoms. The highest BCUT2D eigenvalue weighted by Crippen LogP contribution is 2.11. The van der Waals surface area contributed by atoms with Gasteiger partial charge in [-0.3, -0.25) is 4.79 Å². The molecule has 0 aliphatic carbocycles. The van der Waals surface area contributed by atoms with E-state index in [9.17, 15) is 9.59 Å². The maximum atomic E-state index is 11.6. The van der Waals surface area contributed by atoms with E-state index >= 15 is 0 Å². The van der Waals surface area contributed by atoms with Gasteiger partial charge in [-0.05, 0) is 24.6 Å². The lowest BCUT2D eigenvalue weighted by Gasteiger charge is -2.06. The van der Waals surface area contributed by atoms with Gasteiger partial charge < -0.3 is 15.2 Å². The molecule has 5 nitrogen and oxygen atoms in total. The van der Waals surface area contributed by atoms with Crippen LogP contribution < -0.4 is 5.32 Å². The van der Waals surface area contributed by atoms with E-state index in [1.54, 1.807) is 19.2 Å². The Morgan fingerprint density at radius 3 is 2.44 bits per heavy atom. The van der Waals surface area contributed by atoms with E-state index in [4.69, 9.17) is 9.84 Å². The Morgan fingerprint density at radius 1 is 1.33 bits per heavy atom. The first-order valence-corrected chi connectivity index (χ1v) is 5.33. The van der Waals surface area contributed by atoms with Gasteiger partial charge in [0.05, 0.1) is 6.61 Å². The predicted octanol–water partition coefficient (Wildman–Crippen LogP) is 1.80. The first-order valence-electron chi connectivity index (χ1n) is 5.33. The predicted molar refractivity (Wildman–Crippen MR) is 67.2 cm³/mol. The lowest BCUT2D eigenvalue weighted by Crippen LogP contribution is -2.13. The number of benzene rings is 1. The van der Waals surface area contributed by atoms with Crippen molar-refractivity contribution in [2.75, 3.05) is 12.4 Å². The Hall–Kier alpha value is -2.14. The molecule has 1 rings (SSSR count). The van der Waals surface area contributed by atoms with Crippen molar-refractivity contribution in [3.8, 4) is 0 Å². The summed E-state index contributed by atoms with van der Waals surface area (Å²) in [4.78, 5) is 22.0. The fourth-order valence-corrected chi connectivity index (χ4v) is 1.33. The highest BCUT2D eigenvalue weighted by atomic mass is 16.5. The second-order valence-corrected chi connectivity index (χ2v) is 3.75. The molecule has 0 spiro atoms. The number of hydrogen-bond acceptors (Lipinski definition) is 3. The van der Waals surface area contributed by atoms with Crippen LogP contribution in [0.15, 0.2) is 35.9 Å². The molecule has 0 unspecified atom stereocenters. The largest absolute Gasteiger partial charge is 0.478 e. The van der Waals surface area contributed by atoms with Crippen LogP contribution in [0.25, 0.3) is 0 Å². The quantitative estimate of drug-likeness (QED) is 0.780. The van der Waals surface area contributed by atoms with Gasteiger partial charge in [0.15, 0.2) is 0 Å². The summed E-state index contributed by atoms with van der Waals surface area (Å²) in [7, 11) is 1.61. The maximum absolute atomic E-state index is 11.6. The zero-order valence-electron chi connectivity index (χ0n) is 10.3. The van der Waals surface area contributed by atoms with Gasteiger partial charge >= 0.3 is 5.97 Å². The van der Waals surface area contributed by atoms with Crippen molar-refractivity contribution in [1.82, 2.24) is 0 Å². The number of anilines is 1. The number of carboxylic acids is 1. The van der Waals surface area contributed by atoms with Crippen LogP contribution in [-0.2, 0) is 20.9 Å². The second-order valence-electron chi connectivity index (χ2n) is 3.75. The molecule has 0 aromatic heterocycles. The zero-order valence-corrected chi connectivity index (χ0v) is 10.3. The highest BCUT2D eigenvalue weighted by Gasteiger charge is 2.06. The zero-order chi connectivity index (χ0) is 13.5. The first-order chi connectivity index (χ1) is 8.52. The van der Waals surface area contributed by atoms with E-state index in [-0.39, 0.29) is 5.57 Å². The van der Waals surface area contributed by atoms with Crippen molar-refractivity contribution >= 4 is 17.6 Å². The van der Waals surface area contributed by atoms with Gasteiger partial charge in [0, 0.05) is 24.4 Å². The van der Waals surface area contributed by atoms with E-state index in [1.807, 2.05) is 12.1 Å². The molecule has 0 aliphatic heterocycles. The number of aliphatic carboxylic acids is 1. The van der Waals surface area contributed by atoms with E-state index in [2.05, 4.69) is 5.32 Å². The molecule has 0 fully saturated rings. The van der Waals surface area contributed by atoms with Crippen LogP contribution >= 0.6 is 0 Å².